The smallest absolute Gasteiger partial charge is 0.237 e. The lowest BCUT2D eigenvalue weighted by atomic mass is 10.2. The Morgan fingerprint density at radius 3 is 2.60 bits per heavy atom. The normalized spacial score (nSPS) is 16.8. The van der Waals surface area contributed by atoms with E-state index in [0.29, 0.717) is 5.69 Å². The average Bonchev–Trinajstić information content (AvgIpc) is 2.99. The van der Waals surface area contributed by atoms with E-state index in [1.807, 2.05) is 49.6 Å². The van der Waals surface area contributed by atoms with Gasteiger partial charge in [0, 0.05) is 38.4 Å². The summed E-state index contributed by atoms with van der Waals surface area (Å²) in [5.41, 5.74) is 1.34. The van der Waals surface area contributed by atoms with Gasteiger partial charge in [0.1, 0.15) is 11.7 Å². The predicted molar refractivity (Wildman–Crippen MR) is 96.4 cm³/mol. The average molecular weight is 340 g/mol. The maximum Gasteiger partial charge on any atom is 0.237 e. The van der Waals surface area contributed by atoms with Crippen LogP contribution < -0.4 is 10.2 Å². The number of nitriles is 1. The first-order chi connectivity index (χ1) is 12.0. The monoisotopic (exact) mass is 340 g/mol. The Balaban J connectivity index is 1.71. The van der Waals surface area contributed by atoms with E-state index < -0.39 is 0 Å². The van der Waals surface area contributed by atoms with Gasteiger partial charge in [-0.25, -0.2) is 4.98 Å². The first-order valence-electron chi connectivity index (χ1n) is 8.68. The lowest BCUT2D eigenvalue weighted by Crippen LogP contribution is -2.54. The maximum absolute atomic E-state index is 12.2. The third-order valence-electron chi connectivity index (χ3n) is 4.59. The molecule has 0 radical (unpaired) electrons. The van der Waals surface area contributed by atoms with Crippen LogP contribution in [0.1, 0.15) is 26.5 Å². The van der Waals surface area contributed by atoms with Crippen molar-refractivity contribution < 1.29 is 4.79 Å². The molecule has 0 saturated carbocycles. The Morgan fingerprint density at radius 1 is 1.24 bits per heavy atom. The molecule has 2 aromatic rings. The van der Waals surface area contributed by atoms with Crippen LogP contribution in [-0.4, -0.2) is 58.5 Å². The fourth-order valence-corrected chi connectivity index (χ4v) is 3.20. The van der Waals surface area contributed by atoms with Gasteiger partial charge >= 0.3 is 0 Å². The Hall–Kier alpha value is -2.59. The summed E-state index contributed by atoms with van der Waals surface area (Å²) in [6.45, 7) is 8.91. The van der Waals surface area contributed by atoms with Gasteiger partial charge in [-0.2, -0.15) is 5.26 Å². The molecular weight excluding hydrogens is 316 g/mol. The second kappa shape index (κ2) is 7.11. The molecule has 1 atom stereocenters. The van der Waals surface area contributed by atoms with E-state index in [-0.39, 0.29) is 18.0 Å². The number of amides is 1. The summed E-state index contributed by atoms with van der Waals surface area (Å²) < 4.78 is 1.82. The van der Waals surface area contributed by atoms with Crippen molar-refractivity contribution in [2.45, 2.75) is 32.9 Å². The number of nitrogens with one attached hydrogen (secondary N) is 1. The molecule has 2 aromatic heterocycles. The van der Waals surface area contributed by atoms with Crippen LogP contribution in [0, 0.1) is 11.3 Å². The largest absolute Gasteiger partial charge is 0.353 e. The molecule has 132 valence electrons. The number of carbonyl (C=O) groups is 1. The molecule has 3 rings (SSSR count). The molecule has 1 aliphatic heterocycles. The molecule has 0 aromatic carbocycles. The lowest BCUT2D eigenvalue weighted by molar-refractivity contribution is -0.126. The summed E-state index contributed by atoms with van der Waals surface area (Å²) in [5.74, 6) is 0.793. The van der Waals surface area contributed by atoms with Crippen LogP contribution in [0.2, 0.25) is 0 Å². The highest BCUT2D eigenvalue weighted by Gasteiger charge is 2.28. The molecule has 1 aliphatic rings. The number of fused-ring (bicyclic) bond motifs is 1. The number of piperazine rings is 1. The van der Waals surface area contributed by atoms with Crippen molar-refractivity contribution in [2.75, 3.05) is 31.1 Å². The Labute approximate surface area is 147 Å². The highest BCUT2D eigenvalue weighted by atomic mass is 16.2. The van der Waals surface area contributed by atoms with E-state index in [9.17, 15) is 10.1 Å². The van der Waals surface area contributed by atoms with Crippen molar-refractivity contribution in [3.8, 4) is 6.07 Å². The third kappa shape index (κ3) is 3.44. The van der Waals surface area contributed by atoms with E-state index in [4.69, 9.17) is 0 Å². The zero-order chi connectivity index (χ0) is 18.0. The molecule has 0 bridgehead atoms. The first kappa shape index (κ1) is 17.2. The van der Waals surface area contributed by atoms with Crippen LogP contribution in [0.3, 0.4) is 0 Å². The minimum absolute atomic E-state index is 0.0638. The molecule has 7 heteroatoms. The van der Waals surface area contributed by atoms with Crippen molar-refractivity contribution in [3.05, 3.63) is 30.1 Å². The van der Waals surface area contributed by atoms with E-state index >= 15 is 0 Å². The van der Waals surface area contributed by atoms with Crippen molar-refractivity contribution in [2.24, 2.45) is 0 Å². The van der Waals surface area contributed by atoms with Crippen LogP contribution in [0.4, 0.5) is 5.82 Å². The van der Waals surface area contributed by atoms with E-state index in [0.717, 1.165) is 37.6 Å². The molecule has 1 N–H and O–H groups in total. The zero-order valence-electron chi connectivity index (χ0n) is 14.9. The molecule has 1 fully saturated rings. The number of carbonyl (C=O) groups excluding carboxylic acids is 1. The fourth-order valence-electron chi connectivity index (χ4n) is 3.20. The summed E-state index contributed by atoms with van der Waals surface area (Å²) in [4.78, 5) is 21.1. The van der Waals surface area contributed by atoms with Crippen molar-refractivity contribution in [1.29, 1.82) is 5.26 Å². The van der Waals surface area contributed by atoms with Gasteiger partial charge in [-0.1, -0.05) is 6.07 Å². The fraction of sp³-hybridized carbons (Fsp3) is 0.500. The van der Waals surface area contributed by atoms with Gasteiger partial charge < -0.3 is 10.2 Å². The van der Waals surface area contributed by atoms with E-state index in [2.05, 4.69) is 26.2 Å². The van der Waals surface area contributed by atoms with Gasteiger partial charge in [0.25, 0.3) is 0 Å². The number of hydrogen-bond donors (Lipinski definition) is 1. The predicted octanol–water partition coefficient (Wildman–Crippen LogP) is 1.24. The highest BCUT2D eigenvalue weighted by molar-refractivity contribution is 5.81. The Bertz CT molecular complexity index is 797. The zero-order valence-corrected chi connectivity index (χ0v) is 14.9. The summed E-state index contributed by atoms with van der Waals surface area (Å²) in [6, 6.07) is 7.98. The maximum atomic E-state index is 12.2. The lowest BCUT2D eigenvalue weighted by Gasteiger charge is -2.37. The molecule has 0 unspecified atom stereocenters. The van der Waals surface area contributed by atoms with Crippen LogP contribution in [0.25, 0.3) is 5.65 Å². The molecule has 3 heterocycles. The van der Waals surface area contributed by atoms with Gasteiger partial charge in [0.05, 0.1) is 6.04 Å². The van der Waals surface area contributed by atoms with Crippen LogP contribution in [0.5, 0.6) is 0 Å². The van der Waals surface area contributed by atoms with Crippen molar-refractivity contribution >= 4 is 17.4 Å². The summed E-state index contributed by atoms with van der Waals surface area (Å²) in [7, 11) is 0. The second-order valence-electron chi connectivity index (χ2n) is 6.69. The molecule has 7 nitrogen and oxygen atoms in total. The number of pyridine rings is 1. The SMILES string of the molecule is CC(C)NC(=O)[C@H](C)N1CCN(c2nc3ccccn3c2C#N)CC1. The number of aromatic nitrogens is 2. The standard InChI is InChI=1S/C18H24N6O/c1-13(2)20-18(25)14(3)22-8-10-23(11-9-22)17-15(12-19)24-7-5-4-6-16(24)21-17/h4-7,13-14H,8-11H2,1-3H3,(H,20,25)/t14-/m0/s1. The van der Waals surface area contributed by atoms with Crippen molar-refractivity contribution in [3.63, 3.8) is 0 Å². The van der Waals surface area contributed by atoms with E-state index in [1.54, 1.807) is 0 Å². The molecule has 0 aliphatic carbocycles. The van der Waals surface area contributed by atoms with Gasteiger partial charge in [-0.3, -0.25) is 14.1 Å². The third-order valence-corrected chi connectivity index (χ3v) is 4.59. The van der Waals surface area contributed by atoms with Gasteiger partial charge in [-0.05, 0) is 32.9 Å². The van der Waals surface area contributed by atoms with Gasteiger partial charge in [-0.15, -0.1) is 0 Å². The Kier molecular flexibility index (Phi) is 4.91. The van der Waals surface area contributed by atoms with Crippen molar-refractivity contribution in [1.82, 2.24) is 19.6 Å². The first-order valence-corrected chi connectivity index (χ1v) is 8.68. The number of hydrogen-bond acceptors (Lipinski definition) is 5. The second-order valence-corrected chi connectivity index (χ2v) is 6.69. The van der Waals surface area contributed by atoms with Crippen LogP contribution >= 0.6 is 0 Å². The number of anilines is 1. The minimum atomic E-state index is -0.152. The van der Waals surface area contributed by atoms with E-state index in [1.165, 1.54) is 0 Å². The Morgan fingerprint density at radius 2 is 1.96 bits per heavy atom. The molecule has 0 spiro atoms. The number of nitrogens with zero attached hydrogens (tertiary/aromatic N) is 5. The quantitative estimate of drug-likeness (QED) is 0.906. The van der Waals surface area contributed by atoms with Crippen LogP contribution in [-0.2, 0) is 4.79 Å². The van der Waals surface area contributed by atoms with Crippen LogP contribution in [0.15, 0.2) is 24.4 Å². The number of rotatable bonds is 4. The summed E-state index contributed by atoms with van der Waals surface area (Å²) >= 11 is 0. The highest BCUT2D eigenvalue weighted by Crippen LogP contribution is 2.22. The molecule has 25 heavy (non-hydrogen) atoms. The minimum Gasteiger partial charge on any atom is -0.353 e. The molecular formula is C18H24N6O. The topological polar surface area (TPSA) is 76.7 Å². The molecule has 1 saturated heterocycles. The summed E-state index contributed by atoms with van der Waals surface area (Å²) in [5, 5.41) is 12.5. The number of imidazole rings is 1. The molecule has 1 amide bonds. The van der Waals surface area contributed by atoms with Gasteiger partial charge in [0.15, 0.2) is 11.5 Å². The van der Waals surface area contributed by atoms with Gasteiger partial charge in [0.2, 0.25) is 5.91 Å². The summed E-state index contributed by atoms with van der Waals surface area (Å²) in [6.07, 6.45) is 1.86.